The zero-order valence-corrected chi connectivity index (χ0v) is 22.1. The van der Waals surface area contributed by atoms with E-state index in [-0.39, 0.29) is 5.91 Å². The molecule has 3 N–H and O–H groups in total. The number of hydrogen-bond acceptors (Lipinski definition) is 7. The zero-order valence-electron chi connectivity index (χ0n) is 22.1. The van der Waals surface area contributed by atoms with Crippen LogP contribution in [-0.2, 0) is 6.54 Å². The number of aromatic amines is 2. The first-order chi connectivity index (χ1) is 19.1. The average molecular weight is 522 g/mol. The number of benzene rings is 1. The lowest BCUT2D eigenvalue weighted by Crippen LogP contribution is -2.48. The quantitative estimate of drug-likeness (QED) is 0.298. The highest BCUT2D eigenvalue weighted by Crippen LogP contribution is 2.31. The molecule has 1 fully saturated rings. The molecule has 6 rings (SSSR count). The molecular formula is C29H31N9O. The molecule has 0 aliphatic carbocycles. The van der Waals surface area contributed by atoms with Crippen LogP contribution in [0, 0.1) is 6.92 Å². The SMILES string of the molecule is CCNCc1cncc(-c2ccc3[nH]nc(-c4ncc(C(=O)N5CCN(c6ccncc6)CC5)[nH]4)c3c2)c1C. The second kappa shape index (κ2) is 10.7. The Labute approximate surface area is 226 Å². The fourth-order valence-corrected chi connectivity index (χ4v) is 5.10. The number of imidazole rings is 1. The molecule has 10 heteroatoms. The number of rotatable bonds is 7. The maximum Gasteiger partial charge on any atom is 0.272 e. The van der Waals surface area contributed by atoms with E-state index < -0.39 is 0 Å². The second-order valence-electron chi connectivity index (χ2n) is 9.71. The van der Waals surface area contributed by atoms with Gasteiger partial charge >= 0.3 is 0 Å². The molecule has 1 aliphatic heterocycles. The number of anilines is 1. The number of nitrogens with zero attached hydrogens (tertiary/aromatic N) is 6. The third-order valence-corrected chi connectivity index (χ3v) is 7.38. The molecule has 10 nitrogen and oxygen atoms in total. The molecule has 0 radical (unpaired) electrons. The van der Waals surface area contributed by atoms with Crippen LogP contribution in [0.25, 0.3) is 33.5 Å². The van der Waals surface area contributed by atoms with Crippen LogP contribution in [0.5, 0.6) is 0 Å². The third-order valence-electron chi connectivity index (χ3n) is 7.38. The van der Waals surface area contributed by atoms with Gasteiger partial charge in [0.1, 0.15) is 11.4 Å². The minimum atomic E-state index is -0.0529. The maximum atomic E-state index is 13.3. The fourth-order valence-electron chi connectivity index (χ4n) is 5.10. The molecule has 4 aromatic heterocycles. The molecule has 198 valence electrons. The number of aromatic nitrogens is 6. The lowest BCUT2D eigenvalue weighted by molar-refractivity contribution is 0.0741. The predicted molar refractivity (Wildman–Crippen MR) is 151 cm³/mol. The molecule has 0 atom stereocenters. The number of hydrogen-bond donors (Lipinski definition) is 3. The van der Waals surface area contributed by atoms with Gasteiger partial charge in [0.15, 0.2) is 5.82 Å². The number of H-pyrrole nitrogens is 2. The van der Waals surface area contributed by atoms with Crippen molar-refractivity contribution in [2.75, 3.05) is 37.6 Å². The van der Waals surface area contributed by atoms with Crippen LogP contribution in [0.2, 0.25) is 0 Å². The van der Waals surface area contributed by atoms with E-state index in [0.717, 1.165) is 53.9 Å². The van der Waals surface area contributed by atoms with Gasteiger partial charge in [0.2, 0.25) is 0 Å². The van der Waals surface area contributed by atoms with Gasteiger partial charge < -0.3 is 20.1 Å². The van der Waals surface area contributed by atoms with Gasteiger partial charge in [-0.1, -0.05) is 13.0 Å². The Kier molecular flexibility index (Phi) is 6.76. The molecular weight excluding hydrogens is 490 g/mol. The van der Waals surface area contributed by atoms with Gasteiger partial charge in [0.05, 0.1) is 11.7 Å². The first-order valence-corrected chi connectivity index (χ1v) is 13.2. The van der Waals surface area contributed by atoms with Crippen molar-refractivity contribution in [1.29, 1.82) is 0 Å². The summed E-state index contributed by atoms with van der Waals surface area (Å²) in [5, 5.41) is 11.9. The van der Waals surface area contributed by atoms with Crippen molar-refractivity contribution >= 4 is 22.5 Å². The summed E-state index contributed by atoms with van der Waals surface area (Å²) in [5.74, 6) is 0.510. The van der Waals surface area contributed by atoms with Crippen LogP contribution >= 0.6 is 0 Å². The van der Waals surface area contributed by atoms with Crippen LogP contribution in [0.1, 0.15) is 28.5 Å². The van der Waals surface area contributed by atoms with Crippen molar-refractivity contribution in [2.24, 2.45) is 0 Å². The summed E-state index contributed by atoms with van der Waals surface area (Å²) in [6, 6.07) is 10.2. The van der Waals surface area contributed by atoms with E-state index >= 15 is 0 Å². The smallest absolute Gasteiger partial charge is 0.272 e. The minimum Gasteiger partial charge on any atom is -0.368 e. The van der Waals surface area contributed by atoms with E-state index in [9.17, 15) is 4.79 Å². The molecule has 0 spiro atoms. The van der Waals surface area contributed by atoms with E-state index in [1.807, 2.05) is 35.5 Å². The molecule has 5 aromatic rings. The first-order valence-electron chi connectivity index (χ1n) is 13.2. The van der Waals surface area contributed by atoms with Gasteiger partial charge in [-0.05, 0) is 54.4 Å². The molecule has 0 saturated carbocycles. The van der Waals surface area contributed by atoms with Crippen molar-refractivity contribution in [3.05, 3.63) is 78.1 Å². The standard InChI is InChI=1S/C29H31N9O/c1-3-30-15-21-16-32-17-24(19(21)2)20-4-5-25-23(14-20)27(36-35-25)28-33-18-26(34-28)29(39)38-12-10-37(11-13-38)22-6-8-31-9-7-22/h4-9,14,16-18,30H,3,10-13,15H2,1-2H3,(H,33,34)(H,35,36). The molecule has 0 unspecified atom stereocenters. The van der Waals surface area contributed by atoms with Crippen LogP contribution in [0.4, 0.5) is 5.69 Å². The van der Waals surface area contributed by atoms with E-state index in [1.54, 1.807) is 18.6 Å². The van der Waals surface area contributed by atoms with Crippen molar-refractivity contribution in [3.63, 3.8) is 0 Å². The van der Waals surface area contributed by atoms with Crippen molar-refractivity contribution < 1.29 is 4.79 Å². The number of piperazine rings is 1. The lowest BCUT2D eigenvalue weighted by atomic mass is 9.98. The number of carbonyl (C=O) groups is 1. The van der Waals surface area contributed by atoms with E-state index in [0.29, 0.717) is 30.3 Å². The summed E-state index contributed by atoms with van der Waals surface area (Å²) in [5.41, 5.74) is 7.70. The summed E-state index contributed by atoms with van der Waals surface area (Å²) in [6.07, 6.45) is 9.02. The monoisotopic (exact) mass is 521 g/mol. The fraction of sp³-hybridized carbons (Fsp3) is 0.276. The highest BCUT2D eigenvalue weighted by Gasteiger charge is 2.24. The van der Waals surface area contributed by atoms with Crippen LogP contribution in [0.15, 0.2) is 61.3 Å². The van der Waals surface area contributed by atoms with E-state index in [1.165, 1.54) is 11.1 Å². The highest BCUT2D eigenvalue weighted by atomic mass is 16.2. The van der Waals surface area contributed by atoms with Crippen LogP contribution in [0.3, 0.4) is 0 Å². The largest absolute Gasteiger partial charge is 0.368 e. The van der Waals surface area contributed by atoms with Gasteiger partial charge in [0, 0.05) is 74.1 Å². The van der Waals surface area contributed by atoms with E-state index in [2.05, 4.69) is 66.3 Å². The molecule has 1 saturated heterocycles. The van der Waals surface area contributed by atoms with Gasteiger partial charge in [-0.2, -0.15) is 5.10 Å². The predicted octanol–water partition coefficient (Wildman–Crippen LogP) is 3.79. The summed E-state index contributed by atoms with van der Waals surface area (Å²) in [7, 11) is 0. The molecule has 1 aliphatic rings. The summed E-state index contributed by atoms with van der Waals surface area (Å²) in [4.78, 5) is 33.7. The normalized spacial score (nSPS) is 13.8. The average Bonchev–Trinajstić information content (AvgIpc) is 3.64. The molecule has 1 aromatic carbocycles. The summed E-state index contributed by atoms with van der Waals surface area (Å²) < 4.78 is 0. The molecule has 39 heavy (non-hydrogen) atoms. The maximum absolute atomic E-state index is 13.3. The Hall–Kier alpha value is -4.57. The highest BCUT2D eigenvalue weighted by molar-refractivity contribution is 5.96. The summed E-state index contributed by atoms with van der Waals surface area (Å²) >= 11 is 0. The van der Waals surface area contributed by atoms with Gasteiger partial charge in [0.25, 0.3) is 5.91 Å². The van der Waals surface area contributed by atoms with E-state index in [4.69, 9.17) is 0 Å². The molecule has 1 amide bonds. The zero-order chi connectivity index (χ0) is 26.8. The Balaban J connectivity index is 1.22. The second-order valence-corrected chi connectivity index (χ2v) is 9.71. The Bertz CT molecular complexity index is 1600. The summed E-state index contributed by atoms with van der Waals surface area (Å²) in [6.45, 7) is 8.74. The Morgan fingerprint density at radius 1 is 1.03 bits per heavy atom. The lowest BCUT2D eigenvalue weighted by Gasteiger charge is -2.35. The number of carbonyl (C=O) groups excluding carboxylic acids is 1. The molecule has 5 heterocycles. The topological polar surface area (TPSA) is 119 Å². The number of pyridine rings is 2. The Morgan fingerprint density at radius 3 is 2.64 bits per heavy atom. The number of fused-ring (bicyclic) bond motifs is 1. The minimum absolute atomic E-state index is 0.0529. The van der Waals surface area contributed by atoms with Crippen LogP contribution in [-0.4, -0.2) is 73.7 Å². The van der Waals surface area contributed by atoms with Gasteiger partial charge in [-0.25, -0.2) is 4.98 Å². The third kappa shape index (κ3) is 4.86. The molecule has 0 bridgehead atoms. The first kappa shape index (κ1) is 24.7. The van der Waals surface area contributed by atoms with Crippen molar-refractivity contribution in [2.45, 2.75) is 20.4 Å². The van der Waals surface area contributed by atoms with Gasteiger partial charge in [-0.15, -0.1) is 0 Å². The van der Waals surface area contributed by atoms with Gasteiger partial charge in [-0.3, -0.25) is 19.9 Å². The van der Waals surface area contributed by atoms with Crippen molar-refractivity contribution in [3.8, 4) is 22.6 Å². The number of nitrogens with one attached hydrogen (secondary N) is 3. The van der Waals surface area contributed by atoms with Crippen molar-refractivity contribution in [1.82, 2.24) is 40.3 Å². The number of amides is 1. The van der Waals surface area contributed by atoms with Crippen LogP contribution < -0.4 is 10.2 Å². The Morgan fingerprint density at radius 2 is 1.85 bits per heavy atom.